The monoisotopic (exact) mass is 343 g/mol. The smallest absolute Gasteiger partial charge is 0.369 e. The van der Waals surface area contributed by atoms with E-state index >= 15 is 0 Å². The minimum absolute atomic E-state index is 0.179. The second kappa shape index (κ2) is 7.55. The first-order valence-electron chi connectivity index (χ1n) is 7.75. The lowest BCUT2D eigenvalue weighted by Crippen LogP contribution is -2.46. The summed E-state index contributed by atoms with van der Waals surface area (Å²) in [7, 11) is 0. The number of amides is 3. The minimum Gasteiger partial charge on any atom is -0.369 e. The largest absolute Gasteiger partial charge is 0.416 e. The van der Waals surface area contributed by atoms with Crippen molar-refractivity contribution in [1.82, 2.24) is 10.2 Å². The Kier molecular flexibility index (Phi) is 5.69. The molecule has 0 radical (unpaired) electrons. The molecule has 1 saturated heterocycles. The molecule has 1 aliphatic heterocycles. The highest BCUT2D eigenvalue weighted by molar-refractivity contribution is 5.78. The Labute approximate surface area is 138 Å². The number of nitrogens with zero attached hydrogens (tertiary/aromatic N) is 1. The molecular formula is C16H20F3N3O2. The van der Waals surface area contributed by atoms with Crippen LogP contribution < -0.4 is 11.1 Å². The van der Waals surface area contributed by atoms with Gasteiger partial charge in [-0.2, -0.15) is 13.2 Å². The molecule has 3 amide bonds. The fraction of sp³-hybridized carbons (Fsp3) is 0.500. The average molecular weight is 343 g/mol. The van der Waals surface area contributed by atoms with Gasteiger partial charge in [0.1, 0.15) is 0 Å². The van der Waals surface area contributed by atoms with E-state index in [2.05, 4.69) is 5.32 Å². The number of hydrogen-bond donors (Lipinski definition) is 2. The fourth-order valence-corrected chi connectivity index (χ4v) is 2.65. The lowest BCUT2D eigenvalue weighted by atomic mass is 9.96. The van der Waals surface area contributed by atoms with Crippen molar-refractivity contribution in [3.8, 4) is 0 Å². The predicted molar refractivity (Wildman–Crippen MR) is 82.0 cm³/mol. The summed E-state index contributed by atoms with van der Waals surface area (Å²) in [6.07, 6.45) is -2.78. The van der Waals surface area contributed by atoms with E-state index in [1.165, 1.54) is 12.1 Å². The topological polar surface area (TPSA) is 75.4 Å². The highest BCUT2D eigenvalue weighted by Gasteiger charge is 2.30. The molecule has 0 atom stereocenters. The van der Waals surface area contributed by atoms with Crippen molar-refractivity contribution < 1.29 is 22.8 Å². The quantitative estimate of drug-likeness (QED) is 0.879. The highest BCUT2D eigenvalue weighted by Crippen LogP contribution is 2.29. The molecule has 2 rings (SSSR count). The SMILES string of the molecule is NC(=O)C1CCN(C(=O)NCCc2ccc(C(F)(F)F)cc2)CC1. The summed E-state index contributed by atoms with van der Waals surface area (Å²) in [6.45, 7) is 1.28. The molecule has 0 bridgehead atoms. The summed E-state index contributed by atoms with van der Waals surface area (Å²) in [5.74, 6) is -0.515. The zero-order valence-electron chi connectivity index (χ0n) is 13.1. The molecule has 1 aromatic rings. The number of hydrogen-bond acceptors (Lipinski definition) is 2. The minimum atomic E-state index is -4.34. The van der Waals surface area contributed by atoms with Gasteiger partial charge in [-0.3, -0.25) is 4.79 Å². The number of primary amides is 1. The van der Waals surface area contributed by atoms with E-state index in [0.717, 1.165) is 17.7 Å². The van der Waals surface area contributed by atoms with Crippen LogP contribution in [0, 0.1) is 5.92 Å². The first-order chi connectivity index (χ1) is 11.3. The van der Waals surface area contributed by atoms with Crippen LogP contribution in [0.1, 0.15) is 24.0 Å². The van der Waals surface area contributed by atoms with Crippen LogP contribution in [0.2, 0.25) is 0 Å². The van der Waals surface area contributed by atoms with Gasteiger partial charge in [0.2, 0.25) is 5.91 Å². The Morgan fingerprint density at radius 3 is 2.25 bits per heavy atom. The van der Waals surface area contributed by atoms with E-state index in [0.29, 0.717) is 38.9 Å². The van der Waals surface area contributed by atoms with Gasteiger partial charge in [0.15, 0.2) is 0 Å². The van der Waals surface area contributed by atoms with Crippen molar-refractivity contribution in [3.05, 3.63) is 35.4 Å². The number of nitrogens with one attached hydrogen (secondary N) is 1. The molecule has 1 aliphatic rings. The molecule has 0 spiro atoms. The summed E-state index contributed by atoms with van der Waals surface area (Å²) in [5, 5.41) is 2.74. The van der Waals surface area contributed by atoms with Crippen LogP contribution in [0.4, 0.5) is 18.0 Å². The van der Waals surface area contributed by atoms with E-state index in [1.54, 1.807) is 4.90 Å². The van der Waals surface area contributed by atoms with Crippen molar-refractivity contribution in [1.29, 1.82) is 0 Å². The number of carbonyl (C=O) groups is 2. The molecule has 132 valence electrons. The van der Waals surface area contributed by atoms with Crippen molar-refractivity contribution in [2.75, 3.05) is 19.6 Å². The van der Waals surface area contributed by atoms with Crippen molar-refractivity contribution in [2.24, 2.45) is 11.7 Å². The molecule has 0 aromatic heterocycles. The van der Waals surface area contributed by atoms with E-state index < -0.39 is 11.7 Å². The number of alkyl halides is 3. The lowest BCUT2D eigenvalue weighted by Gasteiger charge is -2.30. The van der Waals surface area contributed by atoms with Crippen LogP contribution >= 0.6 is 0 Å². The highest BCUT2D eigenvalue weighted by atomic mass is 19.4. The van der Waals surface area contributed by atoms with Gasteiger partial charge in [0.05, 0.1) is 5.56 Å². The van der Waals surface area contributed by atoms with Gasteiger partial charge in [-0.1, -0.05) is 12.1 Å². The third-order valence-corrected chi connectivity index (χ3v) is 4.16. The lowest BCUT2D eigenvalue weighted by molar-refractivity contribution is -0.137. The number of rotatable bonds is 4. The van der Waals surface area contributed by atoms with Crippen LogP contribution in [0.3, 0.4) is 0 Å². The Balaban J connectivity index is 1.74. The van der Waals surface area contributed by atoms with Crippen LogP contribution in [-0.2, 0) is 17.4 Å². The number of benzene rings is 1. The van der Waals surface area contributed by atoms with Crippen LogP contribution in [-0.4, -0.2) is 36.5 Å². The average Bonchev–Trinajstić information content (AvgIpc) is 2.54. The normalized spacial score (nSPS) is 16.0. The molecule has 0 aliphatic carbocycles. The van der Waals surface area contributed by atoms with E-state index in [4.69, 9.17) is 5.73 Å². The van der Waals surface area contributed by atoms with Gasteiger partial charge in [-0.25, -0.2) is 4.79 Å². The van der Waals surface area contributed by atoms with Gasteiger partial charge in [-0.05, 0) is 37.0 Å². The molecule has 3 N–H and O–H groups in total. The second-order valence-corrected chi connectivity index (χ2v) is 5.84. The summed E-state index contributed by atoms with van der Waals surface area (Å²) in [6, 6.07) is 4.66. The zero-order valence-corrected chi connectivity index (χ0v) is 13.1. The van der Waals surface area contributed by atoms with Crippen LogP contribution in [0.5, 0.6) is 0 Å². The van der Waals surface area contributed by atoms with Crippen molar-refractivity contribution >= 4 is 11.9 Å². The summed E-state index contributed by atoms with van der Waals surface area (Å²) < 4.78 is 37.4. The second-order valence-electron chi connectivity index (χ2n) is 5.84. The number of halogens is 3. The Morgan fingerprint density at radius 2 is 1.75 bits per heavy atom. The van der Waals surface area contributed by atoms with Crippen LogP contribution in [0.15, 0.2) is 24.3 Å². The molecular weight excluding hydrogens is 323 g/mol. The maximum absolute atomic E-state index is 12.5. The molecule has 0 unspecified atom stereocenters. The molecule has 1 heterocycles. The molecule has 1 aromatic carbocycles. The van der Waals surface area contributed by atoms with E-state index in [-0.39, 0.29) is 17.9 Å². The maximum atomic E-state index is 12.5. The number of likely N-dealkylation sites (tertiary alicyclic amines) is 1. The van der Waals surface area contributed by atoms with Gasteiger partial charge in [0.25, 0.3) is 0 Å². The van der Waals surface area contributed by atoms with Crippen LogP contribution in [0.25, 0.3) is 0 Å². The molecule has 5 nitrogen and oxygen atoms in total. The third kappa shape index (κ3) is 4.87. The molecule has 0 saturated carbocycles. The van der Waals surface area contributed by atoms with E-state index in [1.807, 2.05) is 0 Å². The van der Waals surface area contributed by atoms with Gasteiger partial charge in [-0.15, -0.1) is 0 Å². The number of urea groups is 1. The molecule has 8 heteroatoms. The van der Waals surface area contributed by atoms with Gasteiger partial charge >= 0.3 is 12.2 Å². The Bertz CT molecular complexity index is 579. The zero-order chi connectivity index (χ0) is 17.7. The third-order valence-electron chi connectivity index (χ3n) is 4.16. The van der Waals surface area contributed by atoms with E-state index in [9.17, 15) is 22.8 Å². The summed E-state index contributed by atoms with van der Waals surface area (Å²) >= 11 is 0. The molecule has 24 heavy (non-hydrogen) atoms. The summed E-state index contributed by atoms with van der Waals surface area (Å²) in [4.78, 5) is 24.7. The van der Waals surface area contributed by atoms with Gasteiger partial charge in [0, 0.05) is 25.6 Å². The fourth-order valence-electron chi connectivity index (χ4n) is 2.65. The Morgan fingerprint density at radius 1 is 1.17 bits per heavy atom. The number of piperidine rings is 1. The standard InChI is InChI=1S/C16H20F3N3O2/c17-16(18,19)13-3-1-11(2-4-13)5-8-21-15(24)22-9-6-12(7-10-22)14(20)23/h1-4,12H,5-10H2,(H2,20,23)(H,21,24). The number of carbonyl (C=O) groups excluding carboxylic acids is 2. The molecule has 1 fully saturated rings. The predicted octanol–water partition coefficient (Wildman–Crippen LogP) is 2.15. The first kappa shape index (κ1) is 18.1. The number of nitrogens with two attached hydrogens (primary N) is 1. The van der Waals surface area contributed by atoms with Crippen molar-refractivity contribution in [3.63, 3.8) is 0 Å². The van der Waals surface area contributed by atoms with Crippen molar-refractivity contribution in [2.45, 2.75) is 25.4 Å². The van der Waals surface area contributed by atoms with Gasteiger partial charge < -0.3 is 16.0 Å². The first-order valence-corrected chi connectivity index (χ1v) is 7.75. The summed E-state index contributed by atoms with van der Waals surface area (Å²) in [5.41, 5.74) is 5.27. The maximum Gasteiger partial charge on any atom is 0.416 e. The Hall–Kier alpha value is -2.25.